The fraction of sp³-hybridized carbons (Fsp3) is 0.190. The first-order valence-corrected chi connectivity index (χ1v) is 10.9. The fourth-order valence-electron chi connectivity index (χ4n) is 3.59. The van der Waals surface area contributed by atoms with E-state index in [9.17, 15) is 4.79 Å². The van der Waals surface area contributed by atoms with Gasteiger partial charge < -0.3 is 0 Å². The summed E-state index contributed by atoms with van der Waals surface area (Å²) in [6.07, 6.45) is 4.23. The molecule has 0 saturated carbocycles. The molecule has 0 fully saturated rings. The van der Waals surface area contributed by atoms with E-state index < -0.39 is 0 Å². The zero-order valence-electron chi connectivity index (χ0n) is 15.3. The van der Waals surface area contributed by atoms with Crippen molar-refractivity contribution in [2.24, 2.45) is 0 Å². The van der Waals surface area contributed by atoms with Crippen LogP contribution in [0, 0.1) is 11.3 Å². The highest BCUT2D eigenvalue weighted by Crippen LogP contribution is 2.36. The topological polar surface area (TPSA) is 84.5 Å². The third kappa shape index (κ3) is 3.22. The first-order chi connectivity index (χ1) is 14.2. The summed E-state index contributed by atoms with van der Waals surface area (Å²) < 4.78 is 1.66. The number of hydrogen-bond acceptors (Lipinski definition) is 7. The van der Waals surface area contributed by atoms with Gasteiger partial charge in [0.1, 0.15) is 15.9 Å². The highest BCUT2D eigenvalue weighted by molar-refractivity contribution is 7.99. The molecule has 3 aromatic heterocycles. The Hall–Kier alpha value is -3.02. The molecule has 0 radical (unpaired) electrons. The minimum atomic E-state index is -0.0373. The van der Waals surface area contributed by atoms with Gasteiger partial charge in [0.15, 0.2) is 10.9 Å². The van der Waals surface area contributed by atoms with Crippen LogP contribution in [0.2, 0.25) is 0 Å². The number of nitrogens with zero attached hydrogens (tertiary/aromatic N) is 5. The van der Waals surface area contributed by atoms with Crippen LogP contribution in [0.1, 0.15) is 29.0 Å². The van der Waals surface area contributed by atoms with E-state index in [0.29, 0.717) is 10.2 Å². The van der Waals surface area contributed by atoms with Gasteiger partial charge in [0.2, 0.25) is 0 Å². The molecule has 8 heteroatoms. The van der Waals surface area contributed by atoms with E-state index in [0.717, 1.165) is 41.6 Å². The molecule has 0 saturated heterocycles. The Morgan fingerprint density at radius 1 is 1.07 bits per heavy atom. The molecule has 0 bridgehead atoms. The largest absolute Gasteiger partial charge is 0.268 e. The van der Waals surface area contributed by atoms with Crippen molar-refractivity contribution in [3.63, 3.8) is 0 Å². The number of benzene rings is 1. The van der Waals surface area contributed by atoms with Crippen molar-refractivity contribution in [1.82, 2.24) is 19.7 Å². The number of aryl methyl sites for hydroxylation is 2. The molecular weight excluding hydrogens is 402 g/mol. The van der Waals surface area contributed by atoms with Crippen molar-refractivity contribution in [2.75, 3.05) is 0 Å². The lowest BCUT2D eigenvalue weighted by Gasteiger charge is -2.13. The second-order valence-electron chi connectivity index (χ2n) is 6.73. The summed E-state index contributed by atoms with van der Waals surface area (Å²) in [5.74, 6) is 0. The van der Waals surface area contributed by atoms with E-state index in [1.54, 1.807) is 28.0 Å². The fourth-order valence-corrected chi connectivity index (χ4v) is 5.72. The number of para-hydroxylation sites is 1. The SMILES string of the molecule is N#Cc1ccc(Sc2nc3sc4c(c3c(=O)n2-c2ccccc2)CCCC4)nn1. The summed E-state index contributed by atoms with van der Waals surface area (Å²) in [7, 11) is 0. The van der Waals surface area contributed by atoms with Crippen LogP contribution in [0.4, 0.5) is 0 Å². The van der Waals surface area contributed by atoms with Gasteiger partial charge in [0, 0.05) is 4.88 Å². The van der Waals surface area contributed by atoms with E-state index in [1.165, 1.54) is 22.2 Å². The molecule has 0 atom stereocenters. The molecule has 0 aliphatic heterocycles. The Morgan fingerprint density at radius 2 is 1.90 bits per heavy atom. The van der Waals surface area contributed by atoms with Crippen molar-refractivity contribution >= 4 is 33.3 Å². The lowest BCUT2D eigenvalue weighted by molar-refractivity contribution is 0.699. The molecule has 1 aliphatic rings. The second kappa shape index (κ2) is 7.43. The number of hydrogen-bond donors (Lipinski definition) is 0. The van der Waals surface area contributed by atoms with Crippen LogP contribution in [0.3, 0.4) is 0 Å². The molecular formula is C21H15N5OS2. The van der Waals surface area contributed by atoms with Crippen LogP contribution in [-0.2, 0) is 12.8 Å². The van der Waals surface area contributed by atoms with Gasteiger partial charge in [-0.1, -0.05) is 18.2 Å². The molecule has 0 N–H and O–H groups in total. The standard InChI is InChI=1S/C21H15N5OS2/c22-12-13-10-11-17(25-24-13)29-21-23-19-18(15-8-4-5-9-16(15)28-19)20(27)26(21)14-6-2-1-3-7-14/h1-3,6-7,10-11H,4-5,8-9H2. The van der Waals surface area contributed by atoms with Gasteiger partial charge in [-0.25, -0.2) is 4.98 Å². The Balaban J connectivity index is 1.73. The second-order valence-corrected chi connectivity index (χ2v) is 8.80. The van der Waals surface area contributed by atoms with Crippen LogP contribution >= 0.6 is 23.1 Å². The maximum absolute atomic E-state index is 13.6. The number of nitriles is 1. The number of fused-ring (bicyclic) bond motifs is 3. The maximum atomic E-state index is 13.6. The first kappa shape index (κ1) is 18.0. The van der Waals surface area contributed by atoms with Crippen molar-refractivity contribution in [3.8, 4) is 11.8 Å². The van der Waals surface area contributed by atoms with Crippen molar-refractivity contribution in [1.29, 1.82) is 5.26 Å². The molecule has 0 amide bonds. The summed E-state index contributed by atoms with van der Waals surface area (Å²) in [4.78, 5) is 20.6. The van der Waals surface area contributed by atoms with Crippen molar-refractivity contribution in [3.05, 3.63) is 69.0 Å². The first-order valence-electron chi connectivity index (χ1n) is 9.29. The molecule has 3 heterocycles. The van der Waals surface area contributed by atoms with Gasteiger partial charge in [-0.2, -0.15) is 5.26 Å². The highest BCUT2D eigenvalue weighted by atomic mass is 32.2. The molecule has 6 nitrogen and oxygen atoms in total. The maximum Gasteiger partial charge on any atom is 0.267 e. The van der Waals surface area contributed by atoms with Gasteiger partial charge in [-0.15, -0.1) is 21.5 Å². The molecule has 0 unspecified atom stereocenters. The highest BCUT2D eigenvalue weighted by Gasteiger charge is 2.23. The van der Waals surface area contributed by atoms with E-state index in [-0.39, 0.29) is 11.3 Å². The predicted octanol–water partition coefficient (Wildman–Crippen LogP) is 4.14. The average molecular weight is 418 g/mol. The summed E-state index contributed by atoms with van der Waals surface area (Å²) >= 11 is 2.91. The van der Waals surface area contributed by atoms with Crippen LogP contribution in [0.15, 0.2) is 57.4 Å². The minimum absolute atomic E-state index is 0.0373. The van der Waals surface area contributed by atoms with Gasteiger partial charge in [0.25, 0.3) is 5.56 Å². The predicted molar refractivity (Wildman–Crippen MR) is 113 cm³/mol. The molecule has 142 valence electrons. The number of rotatable bonds is 3. The quantitative estimate of drug-likeness (QED) is 0.466. The van der Waals surface area contributed by atoms with Gasteiger partial charge in [-0.05, 0) is 67.3 Å². The van der Waals surface area contributed by atoms with Crippen LogP contribution in [-0.4, -0.2) is 19.7 Å². The molecule has 1 aliphatic carbocycles. The molecule has 4 aromatic rings. The monoisotopic (exact) mass is 417 g/mol. The lowest BCUT2D eigenvalue weighted by Crippen LogP contribution is -2.22. The third-order valence-electron chi connectivity index (χ3n) is 4.92. The smallest absolute Gasteiger partial charge is 0.267 e. The van der Waals surface area contributed by atoms with Crippen molar-refractivity contribution < 1.29 is 0 Å². The van der Waals surface area contributed by atoms with Gasteiger partial charge in [-0.3, -0.25) is 9.36 Å². The average Bonchev–Trinajstić information content (AvgIpc) is 3.13. The van der Waals surface area contributed by atoms with E-state index in [4.69, 9.17) is 10.2 Å². The van der Waals surface area contributed by atoms with Gasteiger partial charge >= 0.3 is 0 Å². The Labute approximate surface area is 174 Å². The summed E-state index contributed by atoms with van der Waals surface area (Å²) in [5, 5.41) is 18.8. The van der Waals surface area contributed by atoms with Crippen molar-refractivity contribution in [2.45, 2.75) is 35.9 Å². The Morgan fingerprint density at radius 3 is 2.66 bits per heavy atom. The molecule has 5 rings (SSSR count). The molecule has 29 heavy (non-hydrogen) atoms. The summed E-state index contributed by atoms with van der Waals surface area (Å²) in [6, 6.07) is 14.8. The zero-order valence-corrected chi connectivity index (χ0v) is 17.0. The van der Waals surface area contributed by atoms with E-state index >= 15 is 0 Å². The van der Waals surface area contributed by atoms with Crippen LogP contribution in [0.25, 0.3) is 15.9 Å². The molecule has 0 spiro atoms. The molecule has 1 aromatic carbocycles. The number of aromatic nitrogens is 4. The van der Waals surface area contributed by atoms with Crippen LogP contribution in [0.5, 0.6) is 0 Å². The zero-order chi connectivity index (χ0) is 19.8. The van der Waals surface area contributed by atoms with Gasteiger partial charge in [0.05, 0.1) is 11.1 Å². The normalized spacial score (nSPS) is 13.2. The lowest BCUT2D eigenvalue weighted by atomic mass is 9.97. The third-order valence-corrected chi connectivity index (χ3v) is 6.99. The Bertz CT molecular complexity index is 1300. The van der Waals surface area contributed by atoms with E-state index in [2.05, 4.69) is 10.2 Å². The minimum Gasteiger partial charge on any atom is -0.268 e. The van der Waals surface area contributed by atoms with E-state index in [1.807, 2.05) is 36.4 Å². The van der Waals surface area contributed by atoms with Crippen LogP contribution < -0.4 is 5.56 Å². The summed E-state index contributed by atoms with van der Waals surface area (Å²) in [6.45, 7) is 0. The number of thiophene rings is 1. The Kier molecular flexibility index (Phi) is 4.62. The summed E-state index contributed by atoms with van der Waals surface area (Å²) in [5.41, 5.74) is 2.16.